The molecule has 0 aromatic carbocycles. The van der Waals surface area contributed by atoms with E-state index in [0.29, 0.717) is 6.26 Å². The predicted octanol–water partition coefficient (Wildman–Crippen LogP) is -2.00. The van der Waals surface area contributed by atoms with Crippen LogP contribution in [0.3, 0.4) is 0 Å². The molecule has 0 amide bonds. The third-order valence-corrected chi connectivity index (χ3v) is 2.34. The zero-order valence-corrected chi connectivity index (χ0v) is 19.5. The van der Waals surface area contributed by atoms with Gasteiger partial charge in [0.2, 0.25) is 0 Å². The topological polar surface area (TPSA) is 243 Å². The zero-order chi connectivity index (χ0) is 23.7. The highest BCUT2D eigenvalue weighted by Crippen LogP contribution is 2.34. The van der Waals surface area contributed by atoms with Gasteiger partial charge in [0.25, 0.3) is 7.82 Å². The van der Waals surface area contributed by atoms with Crippen LogP contribution in [0.15, 0.2) is 0 Å². The smallest absolute Gasteiger partial charge is 0.267 e. The Morgan fingerprint density at radius 1 is 0.926 bits per heavy atom. The van der Waals surface area contributed by atoms with Crippen LogP contribution in [0.4, 0.5) is 0 Å². The first-order valence-corrected chi connectivity index (χ1v) is 13.9. The van der Waals surface area contributed by atoms with Gasteiger partial charge >= 0.3 is 0 Å². The molecule has 0 aliphatic carbocycles. The number of hydrogen-bond acceptors (Lipinski definition) is 13. The van der Waals surface area contributed by atoms with Crippen molar-refractivity contribution in [2.45, 2.75) is 6.92 Å². The maximum absolute atomic E-state index is 9.95. The third-order valence-electron chi connectivity index (χ3n) is 0.779. The Hall–Kier alpha value is -0.170. The Bertz CT molecular complexity index is 575. The van der Waals surface area contributed by atoms with Crippen LogP contribution in [0.5, 0.6) is 0 Å². The number of phosphoric acid groups is 1. The average molecular weight is 482 g/mol. The fraction of sp³-hybridized carbons (Fsp3) is 0.889. The molecule has 18 heteroatoms. The Balaban J connectivity index is -0.0000000757. The van der Waals surface area contributed by atoms with E-state index in [1.165, 1.54) is 13.3 Å². The molecule has 1 atom stereocenters. The van der Waals surface area contributed by atoms with E-state index in [1.54, 1.807) is 0 Å². The van der Waals surface area contributed by atoms with Crippen molar-refractivity contribution in [1.29, 1.82) is 0 Å². The van der Waals surface area contributed by atoms with Crippen molar-refractivity contribution in [2.75, 3.05) is 47.6 Å². The van der Waals surface area contributed by atoms with Gasteiger partial charge in [-0.2, -0.15) is 0 Å². The lowest BCUT2D eigenvalue weighted by molar-refractivity contribution is -0.302. The maximum Gasteiger partial charge on any atom is 0.267 e. The van der Waals surface area contributed by atoms with Gasteiger partial charge in [-0.3, -0.25) is 9.13 Å². The molecule has 14 nitrogen and oxygen atoms in total. The Labute approximate surface area is 158 Å². The van der Waals surface area contributed by atoms with Crippen molar-refractivity contribution in [3.8, 4) is 0 Å². The van der Waals surface area contributed by atoms with E-state index in [0.717, 1.165) is 34.9 Å². The number of carbonyl (C=O) groups is 1. The number of rotatable bonds is 3. The van der Waals surface area contributed by atoms with E-state index >= 15 is 0 Å². The molecule has 0 saturated heterocycles. The maximum atomic E-state index is 9.95. The number of phosphoric ester groups is 1. The molecule has 0 rings (SSSR count). The predicted molar refractivity (Wildman–Crippen MR) is 90.1 cm³/mol. The van der Waals surface area contributed by atoms with Gasteiger partial charge in [-0.05, 0) is 6.92 Å². The van der Waals surface area contributed by atoms with Crippen molar-refractivity contribution >= 4 is 38.9 Å². The number of carboxylic acid groups (broad SMARTS) is 1. The van der Waals surface area contributed by atoms with Gasteiger partial charge in [0.15, 0.2) is 7.37 Å². The van der Waals surface area contributed by atoms with Crippen LogP contribution < -0.4 is 14.9 Å². The number of hydrogen-bond donors (Lipinski definition) is 1. The second-order valence-corrected chi connectivity index (χ2v) is 11.8. The van der Waals surface area contributed by atoms with Crippen molar-refractivity contribution in [3.63, 3.8) is 0 Å². The molecule has 0 aromatic heterocycles. The lowest BCUT2D eigenvalue weighted by Gasteiger charge is -2.16. The van der Waals surface area contributed by atoms with Gasteiger partial charge in [-0.25, -0.2) is 8.42 Å². The fourth-order valence-electron chi connectivity index (χ4n) is 0.0745. The summed E-state index contributed by atoms with van der Waals surface area (Å²) in [6.07, 6.45) is 0.604. The standard InChI is InChI=1S/C2H7O4P.C2H7O3P.C2H7O2P.C2H4O2.CH4O3S/c1-5-7(3,4)6-2;1-5-6(2,3)4;1-5(2,3)4;1-2(3)4;1-5(2,3)4/h1-2H3,(H,3,4);1-2H3,(H,3,4);1-2H3,(H,3,4);1H3,(H,3,4);1H3,(H,2,3,4)/p-4. The van der Waals surface area contributed by atoms with E-state index in [1.807, 2.05) is 0 Å². The normalized spacial score (nSPS) is 12.7. The Morgan fingerprint density at radius 2 is 1.04 bits per heavy atom. The number of carbonyl (C=O) groups excluding carboxylic acids is 1. The second kappa shape index (κ2) is 17.9. The van der Waals surface area contributed by atoms with Crippen molar-refractivity contribution < 1.29 is 64.8 Å². The van der Waals surface area contributed by atoms with Gasteiger partial charge in [-0.1, -0.05) is 0 Å². The Kier molecular flexibility index (Phi) is 24.9. The molecule has 0 bridgehead atoms. The Morgan fingerprint density at radius 3 is 1.04 bits per heavy atom. The van der Waals surface area contributed by atoms with E-state index in [9.17, 15) is 23.5 Å². The van der Waals surface area contributed by atoms with Crippen LogP contribution in [-0.4, -0.2) is 71.4 Å². The lowest BCUT2D eigenvalue weighted by Crippen LogP contribution is -2.16. The average Bonchev–Trinajstić information content (AvgIpc) is 2.34. The molecule has 1 N–H and O–H groups in total. The highest BCUT2D eigenvalue weighted by atomic mass is 32.2. The molecule has 0 radical (unpaired) electrons. The SMILES string of the molecule is CC(=O)[O-].COP(=O)([O-])OC.COP(C)(=O)[O-].CP(C)(=O)O.CS(=O)(=O)[O-]. The van der Waals surface area contributed by atoms with Crippen molar-refractivity contribution in [3.05, 3.63) is 0 Å². The molecule has 0 spiro atoms. The highest BCUT2D eigenvalue weighted by Gasteiger charge is 1.98. The van der Waals surface area contributed by atoms with Crippen LogP contribution in [-0.2, 0) is 42.2 Å². The van der Waals surface area contributed by atoms with Gasteiger partial charge < -0.3 is 47.3 Å². The quantitative estimate of drug-likeness (QED) is 0.338. The van der Waals surface area contributed by atoms with Crippen molar-refractivity contribution in [1.82, 2.24) is 0 Å². The van der Waals surface area contributed by atoms with E-state index in [2.05, 4.69) is 13.6 Å². The summed E-state index contributed by atoms with van der Waals surface area (Å²) in [5, 5.41) is 8.89. The molecular weight excluding hydrogens is 457 g/mol. The zero-order valence-electron chi connectivity index (χ0n) is 16.0. The van der Waals surface area contributed by atoms with E-state index in [-0.39, 0.29) is 0 Å². The number of carboxylic acids is 1. The van der Waals surface area contributed by atoms with Crippen molar-refractivity contribution in [2.24, 2.45) is 0 Å². The minimum atomic E-state index is -3.92. The summed E-state index contributed by atoms with van der Waals surface area (Å²) < 4.78 is 68.4. The van der Waals surface area contributed by atoms with Crippen LogP contribution >= 0.6 is 22.8 Å². The van der Waals surface area contributed by atoms with Gasteiger partial charge in [-0.15, -0.1) is 0 Å². The first-order valence-electron chi connectivity index (χ1n) is 6.04. The fourth-order valence-corrected chi connectivity index (χ4v) is 0.224. The molecular formula is C9H25O14P3S-4. The highest BCUT2D eigenvalue weighted by molar-refractivity contribution is 7.84. The van der Waals surface area contributed by atoms with Gasteiger partial charge in [0, 0.05) is 53.5 Å². The van der Waals surface area contributed by atoms with Crippen LogP contribution in [0.1, 0.15) is 6.92 Å². The summed E-state index contributed by atoms with van der Waals surface area (Å²) in [4.78, 5) is 36.7. The van der Waals surface area contributed by atoms with E-state index in [4.69, 9.17) is 27.8 Å². The van der Waals surface area contributed by atoms with Crippen LogP contribution in [0.25, 0.3) is 0 Å². The number of aliphatic carboxylic acids is 1. The summed E-state index contributed by atoms with van der Waals surface area (Å²) in [6, 6.07) is 0. The van der Waals surface area contributed by atoms with Crippen LogP contribution in [0, 0.1) is 0 Å². The minimum absolute atomic E-state index is 0.604. The molecule has 0 fully saturated rings. The van der Waals surface area contributed by atoms with Crippen LogP contribution in [0.2, 0.25) is 0 Å². The molecule has 0 aliphatic rings. The molecule has 0 saturated carbocycles. The molecule has 0 aliphatic heterocycles. The molecule has 170 valence electrons. The van der Waals surface area contributed by atoms with Gasteiger partial charge in [0.1, 0.15) is 7.60 Å². The molecule has 1 unspecified atom stereocenters. The summed E-state index contributed by atoms with van der Waals surface area (Å²) in [5.74, 6) is -1.08. The lowest BCUT2D eigenvalue weighted by atomic mass is 10.9. The van der Waals surface area contributed by atoms with Gasteiger partial charge in [0.05, 0.1) is 10.1 Å². The molecule has 0 aromatic rings. The third kappa shape index (κ3) is 188. The minimum Gasteiger partial charge on any atom is -0.779 e. The monoisotopic (exact) mass is 482 g/mol. The summed E-state index contributed by atoms with van der Waals surface area (Å²) in [6.45, 7) is 4.59. The molecule has 0 heterocycles. The largest absolute Gasteiger partial charge is 0.779 e. The second-order valence-electron chi connectivity index (χ2n) is 4.26. The first-order chi connectivity index (χ1) is 11.4. The molecule has 27 heavy (non-hydrogen) atoms. The summed E-state index contributed by atoms with van der Waals surface area (Å²) in [5.41, 5.74) is 0. The summed E-state index contributed by atoms with van der Waals surface area (Å²) in [7, 11) is -10.6. The van der Waals surface area contributed by atoms with E-state index < -0.39 is 38.9 Å². The first kappa shape index (κ1) is 37.6. The summed E-state index contributed by atoms with van der Waals surface area (Å²) >= 11 is 0.